The molecule has 2 fully saturated rings. The summed E-state index contributed by atoms with van der Waals surface area (Å²) in [6.45, 7) is 3.42. The Bertz CT molecular complexity index is 425. The van der Waals surface area contributed by atoms with Gasteiger partial charge in [0.25, 0.3) is 0 Å². The lowest BCUT2D eigenvalue weighted by atomic mass is 10.00. The van der Waals surface area contributed by atoms with Crippen LogP contribution in [-0.4, -0.2) is 40.7 Å². The number of alkyl halides is 1. The van der Waals surface area contributed by atoms with Crippen molar-refractivity contribution in [3.63, 3.8) is 0 Å². The van der Waals surface area contributed by atoms with E-state index in [2.05, 4.69) is 15.3 Å². The van der Waals surface area contributed by atoms with E-state index < -0.39 is 0 Å². The van der Waals surface area contributed by atoms with Crippen LogP contribution in [-0.2, 0) is 12.3 Å². The van der Waals surface area contributed by atoms with Gasteiger partial charge in [0.2, 0.25) is 0 Å². The van der Waals surface area contributed by atoms with Crippen LogP contribution in [0.15, 0.2) is 5.38 Å². The van der Waals surface area contributed by atoms with Crippen LogP contribution < -0.4 is 0 Å². The molecule has 1 aliphatic carbocycles. The molecule has 106 valence electrons. The molecule has 2 aliphatic rings. The van der Waals surface area contributed by atoms with Crippen LogP contribution in [0.5, 0.6) is 0 Å². The number of nitrogens with zero attached hydrogens (tertiary/aromatic N) is 2. The van der Waals surface area contributed by atoms with E-state index in [1.54, 1.807) is 11.3 Å². The molecule has 0 spiro atoms. The zero-order valence-corrected chi connectivity index (χ0v) is 12.7. The first-order chi connectivity index (χ1) is 9.26. The first-order valence-electron chi connectivity index (χ1n) is 7.16. The maximum Gasteiger partial charge on any atom is 0.0929 e. The van der Waals surface area contributed by atoms with Crippen LogP contribution in [0.4, 0.5) is 0 Å². The van der Waals surface area contributed by atoms with E-state index in [1.165, 1.54) is 18.0 Å². The molecule has 2 heterocycles. The SMILES string of the molecule is OC1CCC2CN(CCCc3nc(CCl)cs3)CC12. The van der Waals surface area contributed by atoms with E-state index in [1.807, 2.05) is 0 Å². The van der Waals surface area contributed by atoms with E-state index in [9.17, 15) is 5.11 Å². The van der Waals surface area contributed by atoms with E-state index in [4.69, 9.17) is 11.6 Å². The van der Waals surface area contributed by atoms with Crippen molar-refractivity contribution in [3.8, 4) is 0 Å². The minimum atomic E-state index is -0.0414. The molecule has 1 aromatic heterocycles. The van der Waals surface area contributed by atoms with Gasteiger partial charge in [0, 0.05) is 30.8 Å². The molecule has 5 heteroatoms. The lowest BCUT2D eigenvalue weighted by molar-refractivity contribution is 0.124. The van der Waals surface area contributed by atoms with Gasteiger partial charge in [-0.25, -0.2) is 4.98 Å². The second-order valence-corrected chi connectivity index (χ2v) is 7.01. The maximum absolute atomic E-state index is 9.90. The Kier molecular flexibility index (Phi) is 4.42. The lowest BCUT2D eigenvalue weighted by Crippen LogP contribution is -2.26. The number of halogens is 1. The normalized spacial score (nSPS) is 30.9. The average Bonchev–Trinajstić information content (AvgIpc) is 3.08. The van der Waals surface area contributed by atoms with Crippen molar-refractivity contribution in [1.29, 1.82) is 0 Å². The zero-order valence-electron chi connectivity index (χ0n) is 11.1. The third-order valence-corrected chi connectivity index (χ3v) is 5.73. The number of rotatable bonds is 5. The third-order valence-electron chi connectivity index (χ3n) is 4.50. The number of thiazole rings is 1. The van der Waals surface area contributed by atoms with Crippen molar-refractivity contribution in [2.24, 2.45) is 11.8 Å². The van der Waals surface area contributed by atoms with Gasteiger partial charge in [-0.15, -0.1) is 22.9 Å². The molecule has 0 amide bonds. The van der Waals surface area contributed by atoms with Crippen molar-refractivity contribution in [2.75, 3.05) is 19.6 Å². The summed E-state index contributed by atoms with van der Waals surface area (Å²) >= 11 is 7.48. The fourth-order valence-corrected chi connectivity index (χ4v) is 4.56. The first-order valence-corrected chi connectivity index (χ1v) is 8.57. The molecule has 3 unspecified atom stereocenters. The Morgan fingerprint density at radius 2 is 2.32 bits per heavy atom. The van der Waals surface area contributed by atoms with E-state index in [0.29, 0.717) is 11.8 Å². The molecule has 1 aromatic rings. The number of aryl methyl sites for hydroxylation is 1. The van der Waals surface area contributed by atoms with Crippen LogP contribution in [0.25, 0.3) is 0 Å². The second-order valence-electron chi connectivity index (χ2n) is 5.80. The van der Waals surface area contributed by atoms with E-state index in [0.717, 1.165) is 44.0 Å². The van der Waals surface area contributed by atoms with Gasteiger partial charge in [-0.2, -0.15) is 0 Å². The number of likely N-dealkylation sites (tertiary alicyclic amines) is 1. The Morgan fingerprint density at radius 1 is 1.42 bits per heavy atom. The summed E-state index contributed by atoms with van der Waals surface area (Å²) in [6, 6.07) is 0. The first kappa shape index (κ1) is 13.8. The molecule has 1 saturated heterocycles. The summed E-state index contributed by atoms with van der Waals surface area (Å²) in [6.07, 6.45) is 4.40. The van der Waals surface area contributed by atoms with Crippen molar-refractivity contribution in [3.05, 3.63) is 16.1 Å². The summed E-state index contributed by atoms with van der Waals surface area (Å²) in [7, 11) is 0. The van der Waals surface area contributed by atoms with Crippen LogP contribution in [0.2, 0.25) is 0 Å². The second kappa shape index (κ2) is 6.08. The Hall–Kier alpha value is -0.160. The van der Waals surface area contributed by atoms with Gasteiger partial charge >= 0.3 is 0 Å². The van der Waals surface area contributed by atoms with Gasteiger partial charge in [-0.3, -0.25) is 0 Å². The monoisotopic (exact) mass is 300 g/mol. The number of aromatic nitrogens is 1. The maximum atomic E-state index is 9.90. The van der Waals surface area contributed by atoms with Crippen LogP contribution in [0.1, 0.15) is 30.0 Å². The summed E-state index contributed by atoms with van der Waals surface area (Å²) in [5, 5.41) is 13.2. The molecular weight excluding hydrogens is 280 g/mol. The number of hydrogen-bond acceptors (Lipinski definition) is 4. The third kappa shape index (κ3) is 3.13. The number of aliphatic hydroxyl groups is 1. The van der Waals surface area contributed by atoms with E-state index in [-0.39, 0.29) is 6.10 Å². The molecule has 0 bridgehead atoms. The highest BCUT2D eigenvalue weighted by molar-refractivity contribution is 7.09. The van der Waals surface area contributed by atoms with Gasteiger partial charge in [-0.1, -0.05) is 0 Å². The summed E-state index contributed by atoms with van der Waals surface area (Å²) in [5.74, 6) is 1.81. The highest BCUT2D eigenvalue weighted by Gasteiger charge is 2.41. The fourth-order valence-electron chi connectivity index (χ4n) is 3.49. The van der Waals surface area contributed by atoms with Gasteiger partial charge in [0.15, 0.2) is 0 Å². The van der Waals surface area contributed by atoms with Gasteiger partial charge in [0.1, 0.15) is 0 Å². The Labute approximate surface area is 123 Å². The molecular formula is C14H21ClN2OS. The molecule has 3 atom stereocenters. The van der Waals surface area contributed by atoms with Gasteiger partial charge < -0.3 is 10.0 Å². The van der Waals surface area contributed by atoms with E-state index >= 15 is 0 Å². The minimum absolute atomic E-state index is 0.0414. The van der Waals surface area contributed by atoms with Crippen molar-refractivity contribution >= 4 is 22.9 Å². The Morgan fingerprint density at radius 3 is 3.05 bits per heavy atom. The predicted molar refractivity (Wildman–Crippen MR) is 78.7 cm³/mol. The average molecular weight is 301 g/mol. The summed E-state index contributed by atoms with van der Waals surface area (Å²) in [5.41, 5.74) is 1.00. The molecule has 19 heavy (non-hydrogen) atoms. The van der Waals surface area contributed by atoms with Crippen molar-refractivity contribution in [2.45, 2.75) is 37.7 Å². The predicted octanol–water partition coefficient (Wildman–Crippen LogP) is 2.52. The van der Waals surface area contributed by atoms with Crippen LogP contribution >= 0.6 is 22.9 Å². The highest BCUT2D eigenvalue weighted by Crippen LogP contribution is 2.38. The molecule has 1 saturated carbocycles. The quantitative estimate of drug-likeness (QED) is 0.849. The molecule has 1 aliphatic heterocycles. The highest BCUT2D eigenvalue weighted by atomic mass is 35.5. The molecule has 3 rings (SSSR count). The number of fused-ring (bicyclic) bond motifs is 1. The summed E-state index contributed by atoms with van der Waals surface area (Å²) in [4.78, 5) is 7.01. The standard InChI is InChI=1S/C14H21ClN2OS/c15-6-11-9-19-14(16-11)2-1-5-17-7-10-3-4-13(18)12(10)8-17/h9-10,12-13,18H,1-8H2. The van der Waals surface area contributed by atoms with Gasteiger partial charge in [-0.05, 0) is 31.7 Å². The van der Waals surface area contributed by atoms with Crippen molar-refractivity contribution in [1.82, 2.24) is 9.88 Å². The molecule has 1 N–H and O–H groups in total. The van der Waals surface area contributed by atoms with Crippen molar-refractivity contribution < 1.29 is 5.11 Å². The molecule has 3 nitrogen and oxygen atoms in total. The molecule has 0 aromatic carbocycles. The topological polar surface area (TPSA) is 36.4 Å². The van der Waals surface area contributed by atoms with Crippen LogP contribution in [0, 0.1) is 11.8 Å². The largest absolute Gasteiger partial charge is 0.393 e. The van der Waals surface area contributed by atoms with Crippen LogP contribution in [0.3, 0.4) is 0 Å². The number of hydrogen-bond donors (Lipinski definition) is 1. The fraction of sp³-hybridized carbons (Fsp3) is 0.786. The van der Waals surface area contributed by atoms with Gasteiger partial charge in [0.05, 0.1) is 22.7 Å². The number of aliphatic hydroxyl groups excluding tert-OH is 1. The lowest BCUT2D eigenvalue weighted by Gasteiger charge is -2.17. The Balaban J connectivity index is 1.41. The summed E-state index contributed by atoms with van der Waals surface area (Å²) < 4.78 is 0. The zero-order chi connectivity index (χ0) is 13.2. The molecule has 0 radical (unpaired) electrons. The minimum Gasteiger partial charge on any atom is -0.393 e. The smallest absolute Gasteiger partial charge is 0.0929 e.